The van der Waals surface area contributed by atoms with Crippen molar-refractivity contribution in [2.24, 2.45) is 0 Å². The lowest BCUT2D eigenvalue weighted by Crippen LogP contribution is -2.34. The second kappa shape index (κ2) is 3.76. The van der Waals surface area contributed by atoms with Crippen LogP contribution in [0.3, 0.4) is 0 Å². The van der Waals surface area contributed by atoms with Gasteiger partial charge in [0.25, 0.3) is 0 Å². The summed E-state index contributed by atoms with van der Waals surface area (Å²) in [7, 11) is 0. The third-order valence-electron chi connectivity index (χ3n) is 3.00. The summed E-state index contributed by atoms with van der Waals surface area (Å²) in [5, 5.41) is 13.1. The molecule has 0 aromatic heterocycles. The van der Waals surface area contributed by atoms with Crippen molar-refractivity contribution in [2.75, 3.05) is 6.54 Å². The SMILES string of the molecule is CC1(c2c(F)ccc(Br)c2O)CCCN1. The van der Waals surface area contributed by atoms with Crippen LogP contribution in [0, 0.1) is 5.82 Å². The second-order valence-corrected chi connectivity index (χ2v) is 4.97. The highest BCUT2D eigenvalue weighted by Crippen LogP contribution is 2.40. The predicted molar refractivity (Wildman–Crippen MR) is 60.4 cm³/mol. The molecule has 1 saturated heterocycles. The molecule has 1 unspecified atom stereocenters. The van der Waals surface area contributed by atoms with E-state index < -0.39 is 5.54 Å². The molecule has 1 atom stereocenters. The molecule has 1 aromatic carbocycles. The number of benzene rings is 1. The molecular weight excluding hydrogens is 261 g/mol. The van der Waals surface area contributed by atoms with Crippen LogP contribution in [0.4, 0.5) is 4.39 Å². The maximum absolute atomic E-state index is 13.7. The molecule has 0 saturated carbocycles. The molecule has 0 aliphatic carbocycles. The molecule has 82 valence electrons. The number of rotatable bonds is 1. The first-order valence-corrected chi connectivity index (χ1v) is 5.76. The van der Waals surface area contributed by atoms with E-state index in [0.717, 1.165) is 19.4 Å². The summed E-state index contributed by atoms with van der Waals surface area (Å²) in [6.45, 7) is 2.78. The zero-order valence-electron chi connectivity index (χ0n) is 8.48. The minimum absolute atomic E-state index is 0.00639. The zero-order chi connectivity index (χ0) is 11.1. The number of hydrogen-bond acceptors (Lipinski definition) is 2. The molecule has 2 N–H and O–H groups in total. The molecule has 1 aliphatic heterocycles. The third-order valence-corrected chi connectivity index (χ3v) is 3.64. The largest absolute Gasteiger partial charge is 0.506 e. The van der Waals surface area contributed by atoms with E-state index in [2.05, 4.69) is 21.2 Å². The van der Waals surface area contributed by atoms with Crippen molar-refractivity contribution >= 4 is 15.9 Å². The Kier molecular flexibility index (Phi) is 2.73. The van der Waals surface area contributed by atoms with Crippen molar-refractivity contribution in [3.05, 3.63) is 28.0 Å². The van der Waals surface area contributed by atoms with Gasteiger partial charge in [-0.15, -0.1) is 0 Å². The number of hydrogen-bond donors (Lipinski definition) is 2. The summed E-state index contributed by atoms with van der Waals surface area (Å²) in [6, 6.07) is 2.90. The van der Waals surface area contributed by atoms with Crippen LogP contribution in [0.15, 0.2) is 16.6 Å². The summed E-state index contributed by atoms with van der Waals surface area (Å²) in [5.74, 6) is -0.348. The van der Waals surface area contributed by atoms with Gasteiger partial charge in [-0.05, 0) is 54.4 Å². The Balaban J connectivity index is 2.55. The van der Waals surface area contributed by atoms with Crippen LogP contribution in [0.5, 0.6) is 5.75 Å². The van der Waals surface area contributed by atoms with Gasteiger partial charge in [-0.2, -0.15) is 0 Å². The number of phenols is 1. The molecule has 0 radical (unpaired) electrons. The molecule has 4 heteroatoms. The topological polar surface area (TPSA) is 32.3 Å². The fourth-order valence-corrected chi connectivity index (χ4v) is 2.50. The molecule has 0 amide bonds. The lowest BCUT2D eigenvalue weighted by molar-refractivity contribution is 0.373. The van der Waals surface area contributed by atoms with Crippen molar-refractivity contribution in [2.45, 2.75) is 25.3 Å². The van der Waals surface area contributed by atoms with Gasteiger partial charge in [0.15, 0.2) is 0 Å². The molecule has 1 fully saturated rings. The fourth-order valence-electron chi connectivity index (χ4n) is 2.17. The van der Waals surface area contributed by atoms with Crippen molar-refractivity contribution in [3.63, 3.8) is 0 Å². The average Bonchev–Trinajstić information content (AvgIpc) is 2.60. The Morgan fingerprint density at radius 3 is 2.87 bits per heavy atom. The van der Waals surface area contributed by atoms with Crippen LogP contribution >= 0.6 is 15.9 Å². The summed E-state index contributed by atoms with van der Waals surface area (Å²) < 4.78 is 14.2. The first-order valence-electron chi connectivity index (χ1n) is 4.97. The van der Waals surface area contributed by atoms with Gasteiger partial charge in [0.2, 0.25) is 0 Å². The first-order chi connectivity index (χ1) is 7.04. The van der Waals surface area contributed by atoms with Gasteiger partial charge in [0, 0.05) is 5.54 Å². The number of aromatic hydroxyl groups is 1. The van der Waals surface area contributed by atoms with Gasteiger partial charge in [-0.3, -0.25) is 0 Å². The van der Waals surface area contributed by atoms with Gasteiger partial charge < -0.3 is 10.4 Å². The van der Waals surface area contributed by atoms with Crippen molar-refractivity contribution < 1.29 is 9.50 Å². The lowest BCUT2D eigenvalue weighted by Gasteiger charge is -2.26. The van der Waals surface area contributed by atoms with Crippen LogP contribution < -0.4 is 5.32 Å². The minimum Gasteiger partial charge on any atom is -0.506 e. The maximum atomic E-state index is 13.7. The monoisotopic (exact) mass is 273 g/mol. The van der Waals surface area contributed by atoms with Crippen molar-refractivity contribution in [1.29, 1.82) is 0 Å². The smallest absolute Gasteiger partial charge is 0.137 e. The zero-order valence-corrected chi connectivity index (χ0v) is 10.1. The van der Waals surface area contributed by atoms with Crippen LogP contribution in [0.1, 0.15) is 25.3 Å². The molecule has 2 rings (SSSR count). The maximum Gasteiger partial charge on any atom is 0.137 e. The van der Waals surface area contributed by atoms with Crippen LogP contribution in [-0.2, 0) is 5.54 Å². The minimum atomic E-state index is -0.446. The van der Waals surface area contributed by atoms with Crippen LogP contribution in [-0.4, -0.2) is 11.7 Å². The van der Waals surface area contributed by atoms with E-state index in [4.69, 9.17) is 0 Å². The van der Waals surface area contributed by atoms with E-state index >= 15 is 0 Å². The molecule has 1 aliphatic rings. The predicted octanol–water partition coefficient (Wildman–Crippen LogP) is 2.89. The summed E-state index contributed by atoms with van der Waals surface area (Å²) in [5.41, 5.74) is -0.0767. The molecule has 1 heterocycles. The van der Waals surface area contributed by atoms with E-state index in [1.807, 2.05) is 6.92 Å². The summed E-state index contributed by atoms with van der Waals surface area (Å²) in [6.07, 6.45) is 1.84. The lowest BCUT2D eigenvalue weighted by atomic mass is 9.89. The van der Waals surface area contributed by atoms with E-state index in [1.165, 1.54) is 12.1 Å². The van der Waals surface area contributed by atoms with E-state index in [1.54, 1.807) is 0 Å². The molecule has 0 bridgehead atoms. The second-order valence-electron chi connectivity index (χ2n) is 4.12. The highest BCUT2D eigenvalue weighted by molar-refractivity contribution is 9.10. The Morgan fingerprint density at radius 2 is 2.27 bits per heavy atom. The molecule has 0 spiro atoms. The highest BCUT2D eigenvalue weighted by Gasteiger charge is 2.35. The number of halogens is 2. The Morgan fingerprint density at radius 1 is 1.53 bits per heavy atom. The first kappa shape index (κ1) is 10.9. The standard InChI is InChI=1S/C11H13BrFNO/c1-11(5-2-6-14-11)9-8(13)4-3-7(12)10(9)15/h3-4,14-15H,2,5-6H2,1H3. The molecule has 2 nitrogen and oxygen atoms in total. The van der Waals surface area contributed by atoms with Crippen LogP contribution in [0.2, 0.25) is 0 Å². The van der Waals surface area contributed by atoms with Gasteiger partial charge in [0.05, 0.1) is 10.0 Å². The Hall–Kier alpha value is -0.610. The quantitative estimate of drug-likeness (QED) is 0.825. The van der Waals surface area contributed by atoms with E-state index in [9.17, 15) is 9.50 Å². The normalized spacial score (nSPS) is 25.8. The van der Waals surface area contributed by atoms with Crippen molar-refractivity contribution in [3.8, 4) is 5.75 Å². The molecule has 1 aromatic rings. The Labute approximate surface area is 96.6 Å². The third kappa shape index (κ3) is 1.76. The van der Waals surface area contributed by atoms with Gasteiger partial charge in [-0.1, -0.05) is 0 Å². The summed E-state index contributed by atoms with van der Waals surface area (Å²) in [4.78, 5) is 0. The number of phenolic OH excluding ortho intramolecular Hbond substituents is 1. The van der Waals surface area contributed by atoms with Crippen molar-refractivity contribution in [1.82, 2.24) is 5.32 Å². The van der Waals surface area contributed by atoms with Gasteiger partial charge >= 0.3 is 0 Å². The highest BCUT2D eigenvalue weighted by atomic mass is 79.9. The van der Waals surface area contributed by atoms with Gasteiger partial charge in [0.1, 0.15) is 11.6 Å². The van der Waals surface area contributed by atoms with Crippen LogP contribution in [0.25, 0.3) is 0 Å². The number of nitrogens with one attached hydrogen (secondary N) is 1. The van der Waals surface area contributed by atoms with E-state index in [-0.39, 0.29) is 11.6 Å². The summed E-state index contributed by atoms with van der Waals surface area (Å²) >= 11 is 3.21. The Bertz CT molecular complexity index is 388. The molecular formula is C11H13BrFNO. The van der Waals surface area contributed by atoms with E-state index in [0.29, 0.717) is 10.0 Å². The average molecular weight is 274 g/mol. The van der Waals surface area contributed by atoms with Gasteiger partial charge in [-0.25, -0.2) is 4.39 Å². The molecule has 15 heavy (non-hydrogen) atoms. The fraction of sp³-hybridized carbons (Fsp3) is 0.455.